The van der Waals surface area contributed by atoms with E-state index in [0.29, 0.717) is 0 Å². The quantitative estimate of drug-likeness (QED) is 0.792. The van der Waals surface area contributed by atoms with Gasteiger partial charge in [0.15, 0.2) is 0 Å². The Bertz CT molecular complexity index is 402. The normalized spacial score (nSPS) is 12.2. The van der Waals surface area contributed by atoms with Crippen LogP contribution in [0.25, 0.3) is 0 Å². The molecule has 6 heteroatoms. The van der Waals surface area contributed by atoms with Gasteiger partial charge in [0.05, 0.1) is 6.20 Å². The first-order chi connectivity index (χ1) is 6.56. The van der Waals surface area contributed by atoms with Crippen molar-refractivity contribution in [1.29, 1.82) is 0 Å². The van der Waals surface area contributed by atoms with Crippen molar-refractivity contribution in [2.45, 2.75) is 13.0 Å². The van der Waals surface area contributed by atoms with Crippen LogP contribution < -0.4 is 10.9 Å². The molecule has 0 aliphatic rings. The summed E-state index contributed by atoms with van der Waals surface area (Å²) in [6.07, 6.45) is 1.54. The summed E-state index contributed by atoms with van der Waals surface area (Å²) in [5.41, 5.74) is -0.270. The summed E-state index contributed by atoms with van der Waals surface area (Å²) in [7, 11) is 1.52. The Labute approximate surface area is 94.6 Å². The van der Waals surface area contributed by atoms with Crippen LogP contribution in [-0.2, 0) is 4.79 Å². The van der Waals surface area contributed by atoms with Crippen molar-refractivity contribution in [3.8, 4) is 0 Å². The summed E-state index contributed by atoms with van der Waals surface area (Å²) in [5, 5.41) is 6.35. The lowest BCUT2D eigenvalue weighted by atomic mass is 10.3. The van der Waals surface area contributed by atoms with Crippen molar-refractivity contribution in [3.63, 3.8) is 0 Å². The maximum Gasteiger partial charge on any atom is 0.268 e. The molecule has 1 N–H and O–H groups in total. The molecular formula is C8H10IN3O2. The van der Waals surface area contributed by atoms with Crippen molar-refractivity contribution < 1.29 is 4.79 Å². The van der Waals surface area contributed by atoms with E-state index in [2.05, 4.69) is 10.4 Å². The summed E-state index contributed by atoms with van der Waals surface area (Å²) in [6, 6.07) is 0.858. The highest BCUT2D eigenvalue weighted by molar-refractivity contribution is 14.1. The van der Waals surface area contributed by atoms with Crippen LogP contribution >= 0.6 is 22.6 Å². The summed E-state index contributed by atoms with van der Waals surface area (Å²) in [6.45, 7) is 1.63. The largest absolute Gasteiger partial charge is 0.357 e. The van der Waals surface area contributed by atoms with E-state index >= 15 is 0 Å². The van der Waals surface area contributed by atoms with Crippen LogP contribution in [-0.4, -0.2) is 22.7 Å². The van der Waals surface area contributed by atoms with Gasteiger partial charge in [-0.25, -0.2) is 4.68 Å². The van der Waals surface area contributed by atoms with Gasteiger partial charge in [0.25, 0.3) is 5.56 Å². The van der Waals surface area contributed by atoms with E-state index in [4.69, 9.17) is 0 Å². The molecule has 0 aliphatic heterocycles. The summed E-state index contributed by atoms with van der Waals surface area (Å²) in [5.74, 6) is -0.235. The Hall–Kier alpha value is -0.920. The zero-order valence-electron chi connectivity index (χ0n) is 7.82. The van der Waals surface area contributed by atoms with Gasteiger partial charge in [-0.3, -0.25) is 9.59 Å². The van der Waals surface area contributed by atoms with E-state index in [1.54, 1.807) is 13.1 Å². The van der Waals surface area contributed by atoms with Crippen molar-refractivity contribution >= 4 is 28.5 Å². The van der Waals surface area contributed by atoms with Crippen LogP contribution in [0.5, 0.6) is 0 Å². The maximum absolute atomic E-state index is 11.4. The second-order valence-corrected chi connectivity index (χ2v) is 3.99. The standard InChI is InChI=1S/C8H10IN3O2/c1-5(8(14)10-2)12-7(13)3-6(9)4-11-12/h3-5H,1-2H3,(H,10,14). The van der Waals surface area contributed by atoms with Gasteiger partial charge in [-0.15, -0.1) is 0 Å². The fraction of sp³-hybridized carbons (Fsp3) is 0.375. The molecular weight excluding hydrogens is 297 g/mol. The second kappa shape index (κ2) is 4.54. The number of halogens is 1. The van der Waals surface area contributed by atoms with Gasteiger partial charge >= 0.3 is 0 Å². The van der Waals surface area contributed by atoms with Gasteiger partial charge in [0, 0.05) is 16.7 Å². The molecule has 0 aliphatic carbocycles. The Balaban J connectivity index is 3.08. The van der Waals surface area contributed by atoms with E-state index in [-0.39, 0.29) is 11.5 Å². The smallest absolute Gasteiger partial charge is 0.268 e. The van der Waals surface area contributed by atoms with Crippen LogP contribution in [0.4, 0.5) is 0 Å². The number of hydrogen-bond donors (Lipinski definition) is 1. The number of carbonyl (C=O) groups is 1. The predicted molar refractivity (Wildman–Crippen MR) is 60.0 cm³/mol. The molecule has 1 amide bonds. The van der Waals surface area contributed by atoms with Gasteiger partial charge in [-0.05, 0) is 29.5 Å². The fourth-order valence-corrected chi connectivity index (χ4v) is 1.40. The third-order valence-electron chi connectivity index (χ3n) is 1.79. The van der Waals surface area contributed by atoms with Gasteiger partial charge in [-0.2, -0.15) is 5.10 Å². The molecule has 76 valence electrons. The number of nitrogens with one attached hydrogen (secondary N) is 1. The first kappa shape index (κ1) is 11.2. The lowest BCUT2D eigenvalue weighted by Crippen LogP contribution is -2.35. The zero-order chi connectivity index (χ0) is 10.7. The van der Waals surface area contributed by atoms with Crippen molar-refractivity contribution in [2.24, 2.45) is 0 Å². The summed E-state index contributed by atoms with van der Waals surface area (Å²) < 4.78 is 1.91. The van der Waals surface area contributed by atoms with E-state index in [1.807, 2.05) is 22.6 Å². The molecule has 0 radical (unpaired) electrons. The molecule has 1 aromatic rings. The number of likely N-dealkylation sites (N-methyl/N-ethyl adjacent to an activating group) is 1. The number of amides is 1. The molecule has 0 fully saturated rings. The summed E-state index contributed by atoms with van der Waals surface area (Å²) in [4.78, 5) is 22.7. The van der Waals surface area contributed by atoms with Crippen LogP contribution in [0.2, 0.25) is 0 Å². The van der Waals surface area contributed by atoms with Crippen molar-refractivity contribution in [3.05, 3.63) is 26.2 Å². The monoisotopic (exact) mass is 307 g/mol. The number of carbonyl (C=O) groups excluding carboxylic acids is 1. The predicted octanol–water partition coefficient (Wildman–Crippen LogP) is 0.155. The number of nitrogens with zero attached hydrogens (tertiary/aromatic N) is 2. The lowest BCUT2D eigenvalue weighted by molar-refractivity contribution is -0.123. The first-order valence-corrected chi connectivity index (χ1v) is 5.10. The number of aromatic nitrogens is 2. The van der Waals surface area contributed by atoms with Gasteiger partial charge in [-0.1, -0.05) is 0 Å². The van der Waals surface area contributed by atoms with Gasteiger partial charge in [0.2, 0.25) is 5.91 Å². The van der Waals surface area contributed by atoms with E-state index in [0.717, 1.165) is 8.25 Å². The Morgan fingerprint density at radius 3 is 2.86 bits per heavy atom. The Morgan fingerprint density at radius 1 is 1.71 bits per heavy atom. The topological polar surface area (TPSA) is 64.0 Å². The Kier molecular flexibility index (Phi) is 3.62. The number of hydrogen-bond acceptors (Lipinski definition) is 3. The lowest BCUT2D eigenvalue weighted by Gasteiger charge is -2.11. The molecule has 0 aromatic carbocycles. The van der Waals surface area contributed by atoms with Crippen molar-refractivity contribution in [2.75, 3.05) is 7.05 Å². The minimum atomic E-state index is -0.579. The van der Waals surface area contributed by atoms with Crippen LogP contribution in [0.15, 0.2) is 17.1 Å². The first-order valence-electron chi connectivity index (χ1n) is 4.02. The SMILES string of the molecule is CNC(=O)C(C)n1ncc(I)cc1=O. The molecule has 0 saturated heterocycles. The average Bonchev–Trinajstić information content (AvgIpc) is 2.15. The Morgan fingerprint density at radius 2 is 2.36 bits per heavy atom. The highest BCUT2D eigenvalue weighted by atomic mass is 127. The molecule has 1 atom stereocenters. The van der Waals surface area contributed by atoms with E-state index in [9.17, 15) is 9.59 Å². The van der Waals surface area contributed by atoms with Gasteiger partial charge in [0.1, 0.15) is 6.04 Å². The van der Waals surface area contributed by atoms with Gasteiger partial charge < -0.3 is 5.32 Å². The van der Waals surface area contributed by atoms with Crippen LogP contribution in [0.3, 0.4) is 0 Å². The zero-order valence-corrected chi connectivity index (χ0v) is 9.98. The van der Waals surface area contributed by atoms with E-state index < -0.39 is 6.04 Å². The summed E-state index contributed by atoms with van der Waals surface area (Å²) >= 11 is 2.00. The molecule has 1 heterocycles. The molecule has 1 unspecified atom stereocenters. The highest BCUT2D eigenvalue weighted by Gasteiger charge is 2.15. The third kappa shape index (κ3) is 2.31. The average molecular weight is 307 g/mol. The highest BCUT2D eigenvalue weighted by Crippen LogP contribution is 2.01. The minimum absolute atomic E-state index is 0.235. The van der Waals surface area contributed by atoms with Crippen LogP contribution in [0, 0.1) is 3.57 Å². The second-order valence-electron chi connectivity index (χ2n) is 2.75. The number of rotatable bonds is 2. The maximum atomic E-state index is 11.4. The minimum Gasteiger partial charge on any atom is -0.357 e. The molecule has 5 nitrogen and oxygen atoms in total. The third-order valence-corrected chi connectivity index (χ3v) is 2.38. The van der Waals surface area contributed by atoms with Crippen molar-refractivity contribution in [1.82, 2.24) is 15.1 Å². The molecule has 0 bridgehead atoms. The fourth-order valence-electron chi connectivity index (χ4n) is 1.01. The van der Waals surface area contributed by atoms with E-state index in [1.165, 1.54) is 13.1 Å². The molecule has 1 aromatic heterocycles. The molecule has 14 heavy (non-hydrogen) atoms. The molecule has 1 rings (SSSR count). The van der Waals surface area contributed by atoms with Crippen LogP contribution in [0.1, 0.15) is 13.0 Å². The molecule has 0 spiro atoms. The molecule has 0 saturated carbocycles.